The van der Waals surface area contributed by atoms with Gasteiger partial charge in [-0.05, 0) is 51.4 Å². The minimum Gasteiger partial charge on any atom is -0.312 e. The molecule has 1 aromatic rings. The average Bonchev–Trinajstić information content (AvgIpc) is 2.39. The minimum atomic E-state index is 0.457. The average molecular weight is 246 g/mol. The van der Waals surface area contributed by atoms with E-state index in [1.165, 1.54) is 37.1 Å². The van der Waals surface area contributed by atoms with Crippen molar-refractivity contribution in [1.29, 1.82) is 0 Å². The number of nitrogens with zero attached hydrogens (tertiary/aromatic N) is 1. The van der Waals surface area contributed by atoms with Crippen molar-refractivity contribution in [2.75, 3.05) is 26.7 Å². The molecule has 1 heterocycles. The Bertz CT molecular complexity index is 350. The summed E-state index contributed by atoms with van der Waals surface area (Å²) in [7, 11) is 2.07. The summed E-state index contributed by atoms with van der Waals surface area (Å²) >= 11 is 0. The maximum Gasteiger partial charge on any atom is 0.0446 e. The Morgan fingerprint density at radius 1 is 1.22 bits per heavy atom. The van der Waals surface area contributed by atoms with Gasteiger partial charge in [0.05, 0.1) is 0 Å². The Hall–Kier alpha value is -0.860. The molecule has 100 valence electrons. The van der Waals surface area contributed by atoms with Gasteiger partial charge in [0.25, 0.3) is 0 Å². The van der Waals surface area contributed by atoms with Gasteiger partial charge in [0.15, 0.2) is 0 Å². The first-order valence-corrected chi connectivity index (χ1v) is 7.15. The second-order valence-corrected chi connectivity index (χ2v) is 5.74. The van der Waals surface area contributed by atoms with Gasteiger partial charge in [0.1, 0.15) is 0 Å². The Kier molecular flexibility index (Phi) is 4.79. The first-order chi connectivity index (χ1) is 8.69. The molecular weight excluding hydrogens is 220 g/mol. The molecule has 0 aliphatic carbocycles. The highest BCUT2D eigenvalue weighted by Gasteiger charge is 2.19. The van der Waals surface area contributed by atoms with Crippen molar-refractivity contribution in [3.63, 3.8) is 0 Å². The van der Waals surface area contributed by atoms with Crippen molar-refractivity contribution in [2.45, 2.75) is 32.7 Å². The third-order valence-electron chi connectivity index (χ3n) is 4.15. The molecule has 0 saturated carbocycles. The molecule has 1 atom stereocenters. The number of likely N-dealkylation sites (N-methyl/N-ethyl adjacent to an activating group) is 1. The first kappa shape index (κ1) is 13.6. The molecule has 1 aliphatic heterocycles. The van der Waals surface area contributed by atoms with Crippen molar-refractivity contribution in [3.8, 4) is 0 Å². The lowest BCUT2D eigenvalue weighted by Gasteiger charge is -2.33. The molecule has 1 N–H and O–H groups in total. The number of rotatable bonds is 4. The Labute approximate surface area is 111 Å². The molecular formula is C16H26N2. The minimum absolute atomic E-state index is 0.457. The van der Waals surface area contributed by atoms with Crippen LogP contribution in [-0.4, -0.2) is 31.6 Å². The van der Waals surface area contributed by atoms with Crippen LogP contribution in [0.25, 0.3) is 0 Å². The van der Waals surface area contributed by atoms with Crippen LogP contribution in [0.4, 0.5) is 0 Å². The van der Waals surface area contributed by atoms with Crippen molar-refractivity contribution >= 4 is 0 Å². The van der Waals surface area contributed by atoms with Crippen LogP contribution >= 0.6 is 0 Å². The van der Waals surface area contributed by atoms with Crippen molar-refractivity contribution in [1.82, 2.24) is 10.2 Å². The largest absolute Gasteiger partial charge is 0.312 e. The van der Waals surface area contributed by atoms with E-state index in [0.717, 1.165) is 12.5 Å². The third kappa shape index (κ3) is 3.56. The molecule has 1 aromatic carbocycles. The van der Waals surface area contributed by atoms with E-state index in [9.17, 15) is 0 Å². The molecule has 2 nitrogen and oxygen atoms in total. The maximum atomic E-state index is 3.45. The van der Waals surface area contributed by atoms with Gasteiger partial charge in [-0.2, -0.15) is 0 Å². The van der Waals surface area contributed by atoms with E-state index in [1.54, 1.807) is 0 Å². The molecule has 0 spiro atoms. The lowest BCUT2D eigenvalue weighted by atomic mass is 9.98. The second kappa shape index (κ2) is 6.35. The van der Waals surface area contributed by atoms with Crippen molar-refractivity contribution < 1.29 is 0 Å². The summed E-state index contributed by atoms with van der Waals surface area (Å²) in [5, 5.41) is 3.45. The lowest BCUT2D eigenvalue weighted by molar-refractivity contribution is 0.177. The fraction of sp³-hybridized carbons (Fsp3) is 0.625. The zero-order chi connectivity index (χ0) is 13.0. The van der Waals surface area contributed by atoms with Gasteiger partial charge in [-0.3, -0.25) is 0 Å². The number of hydrogen-bond donors (Lipinski definition) is 1. The molecule has 2 heteroatoms. The van der Waals surface area contributed by atoms with Gasteiger partial charge < -0.3 is 10.2 Å². The van der Waals surface area contributed by atoms with Gasteiger partial charge in [-0.1, -0.05) is 36.8 Å². The highest BCUT2D eigenvalue weighted by molar-refractivity contribution is 5.24. The number of hydrogen-bond acceptors (Lipinski definition) is 2. The maximum absolute atomic E-state index is 3.45. The number of benzene rings is 1. The van der Waals surface area contributed by atoms with Gasteiger partial charge in [0.2, 0.25) is 0 Å². The number of piperidine rings is 1. The van der Waals surface area contributed by atoms with E-state index >= 15 is 0 Å². The number of nitrogens with one attached hydrogen (secondary N) is 1. The second-order valence-electron chi connectivity index (χ2n) is 5.74. The Morgan fingerprint density at radius 3 is 2.39 bits per heavy atom. The SMILES string of the molecule is CNC(CN1CCC(C)CC1)c1ccc(C)cc1. The van der Waals surface area contributed by atoms with Crippen LogP contribution in [0.1, 0.15) is 36.9 Å². The van der Waals surface area contributed by atoms with E-state index in [4.69, 9.17) is 0 Å². The molecule has 1 aliphatic rings. The summed E-state index contributed by atoms with van der Waals surface area (Å²) < 4.78 is 0. The summed E-state index contributed by atoms with van der Waals surface area (Å²) in [6.45, 7) is 8.15. The summed E-state index contributed by atoms with van der Waals surface area (Å²) in [5.41, 5.74) is 2.74. The normalized spacial score (nSPS) is 19.9. The quantitative estimate of drug-likeness (QED) is 0.878. The van der Waals surface area contributed by atoms with Crippen molar-refractivity contribution in [3.05, 3.63) is 35.4 Å². The van der Waals surface area contributed by atoms with Crippen LogP contribution in [0, 0.1) is 12.8 Å². The van der Waals surface area contributed by atoms with Crippen LogP contribution in [0.5, 0.6) is 0 Å². The fourth-order valence-corrected chi connectivity index (χ4v) is 2.66. The number of aryl methyl sites for hydroxylation is 1. The fourth-order valence-electron chi connectivity index (χ4n) is 2.66. The molecule has 18 heavy (non-hydrogen) atoms. The summed E-state index contributed by atoms with van der Waals surface area (Å²) in [6.07, 6.45) is 2.70. The zero-order valence-corrected chi connectivity index (χ0v) is 11.9. The van der Waals surface area contributed by atoms with E-state index in [-0.39, 0.29) is 0 Å². The van der Waals surface area contributed by atoms with Gasteiger partial charge in [0, 0.05) is 12.6 Å². The molecule has 2 rings (SSSR count). The Morgan fingerprint density at radius 2 is 1.83 bits per heavy atom. The van der Waals surface area contributed by atoms with Crippen LogP contribution < -0.4 is 5.32 Å². The van der Waals surface area contributed by atoms with Crippen LogP contribution in [0.3, 0.4) is 0 Å². The molecule has 0 bridgehead atoms. The summed E-state index contributed by atoms with van der Waals surface area (Å²) in [5.74, 6) is 0.911. The van der Waals surface area contributed by atoms with Crippen LogP contribution in [0.15, 0.2) is 24.3 Å². The smallest absolute Gasteiger partial charge is 0.0446 e. The topological polar surface area (TPSA) is 15.3 Å². The Balaban J connectivity index is 1.94. The van der Waals surface area contributed by atoms with Gasteiger partial charge in [-0.25, -0.2) is 0 Å². The van der Waals surface area contributed by atoms with Gasteiger partial charge >= 0.3 is 0 Å². The van der Waals surface area contributed by atoms with E-state index < -0.39 is 0 Å². The highest BCUT2D eigenvalue weighted by atomic mass is 15.1. The summed E-state index contributed by atoms with van der Waals surface area (Å²) in [6, 6.07) is 9.38. The summed E-state index contributed by atoms with van der Waals surface area (Å²) in [4.78, 5) is 2.60. The van der Waals surface area contributed by atoms with E-state index in [2.05, 4.69) is 55.4 Å². The lowest BCUT2D eigenvalue weighted by Crippen LogP contribution is -2.38. The molecule has 0 amide bonds. The van der Waals surface area contributed by atoms with E-state index in [1.807, 2.05) is 0 Å². The molecule has 1 saturated heterocycles. The van der Waals surface area contributed by atoms with Crippen LogP contribution in [0.2, 0.25) is 0 Å². The highest BCUT2D eigenvalue weighted by Crippen LogP contribution is 2.20. The third-order valence-corrected chi connectivity index (χ3v) is 4.15. The van der Waals surface area contributed by atoms with E-state index in [0.29, 0.717) is 6.04 Å². The predicted octanol–water partition coefficient (Wildman–Crippen LogP) is 2.99. The molecule has 0 radical (unpaired) electrons. The molecule has 0 aromatic heterocycles. The monoisotopic (exact) mass is 246 g/mol. The standard InChI is InChI=1S/C16H26N2/c1-13-4-6-15(7-5-13)16(17-3)12-18-10-8-14(2)9-11-18/h4-7,14,16-17H,8-12H2,1-3H3. The predicted molar refractivity (Wildman–Crippen MR) is 77.8 cm³/mol. The zero-order valence-electron chi connectivity index (χ0n) is 11.9. The van der Waals surface area contributed by atoms with Crippen LogP contribution in [-0.2, 0) is 0 Å². The number of likely N-dealkylation sites (tertiary alicyclic amines) is 1. The molecule has 1 unspecified atom stereocenters. The van der Waals surface area contributed by atoms with Gasteiger partial charge in [-0.15, -0.1) is 0 Å². The van der Waals surface area contributed by atoms with Crippen molar-refractivity contribution in [2.24, 2.45) is 5.92 Å². The molecule has 1 fully saturated rings. The first-order valence-electron chi connectivity index (χ1n) is 7.15.